The summed E-state index contributed by atoms with van der Waals surface area (Å²) in [5.41, 5.74) is 1.66. The first-order chi connectivity index (χ1) is 13.2. The van der Waals surface area contributed by atoms with E-state index in [1.165, 1.54) is 5.56 Å². The van der Waals surface area contributed by atoms with E-state index >= 15 is 0 Å². The summed E-state index contributed by atoms with van der Waals surface area (Å²) in [6.07, 6.45) is 3.90. The van der Waals surface area contributed by atoms with Crippen molar-refractivity contribution >= 4 is 11.9 Å². The molecule has 1 N–H and O–H groups in total. The molecule has 2 aliphatic rings. The van der Waals surface area contributed by atoms with Crippen molar-refractivity contribution in [1.29, 1.82) is 0 Å². The Kier molecular flexibility index (Phi) is 5.31. The molecule has 1 aromatic heterocycles. The van der Waals surface area contributed by atoms with Crippen molar-refractivity contribution in [1.82, 2.24) is 14.9 Å². The van der Waals surface area contributed by atoms with Gasteiger partial charge in [0.2, 0.25) is 5.95 Å². The second kappa shape index (κ2) is 8.02. The van der Waals surface area contributed by atoms with Gasteiger partial charge in [0.15, 0.2) is 5.79 Å². The zero-order chi connectivity index (χ0) is 18.5. The van der Waals surface area contributed by atoms with E-state index in [9.17, 15) is 4.79 Å². The van der Waals surface area contributed by atoms with Crippen molar-refractivity contribution < 1.29 is 14.3 Å². The molecule has 0 radical (unpaired) electrons. The molecule has 0 saturated carbocycles. The molecule has 2 saturated heterocycles. The van der Waals surface area contributed by atoms with E-state index < -0.39 is 5.79 Å². The molecule has 7 heteroatoms. The van der Waals surface area contributed by atoms with Crippen LogP contribution in [-0.2, 0) is 15.9 Å². The molecule has 0 aliphatic carbocycles. The number of likely N-dealkylation sites (tertiary alicyclic amines) is 1. The highest BCUT2D eigenvalue weighted by atomic mass is 16.7. The molecule has 142 valence electrons. The SMILES string of the molecule is O=C(c1ccnc(NCCc2ccccc2)n1)N1CCC2(CC1)OCCO2. The number of carbonyl (C=O) groups is 1. The van der Waals surface area contributed by atoms with Gasteiger partial charge in [0.1, 0.15) is 5.69 Å². The van der Waals surface area contributed by atoms with E-state index in [2.05, 4.69) is 27.4 Å². The Morgan fingerprint density at radius 3 is 2.59 bits per heavy atom. The molecule has 0 bridgehead atoms. The van der Waals surface area contributed by atoms with Gasteiger partial charge in [-0.3, -0.25) is 4.79 Å². The van der Waals surface area contributed by atoms with Crippen LogP contribution in [0.25, 0.3) is 0 Å². The lowest BCUT2D eigenvalue weighted by Crippen LogP contribution is -2.47. The van der Waals surface area contributed by atoms with Crippen LogP contribution in [0, 0.1) is 0 Å². The minimum Gasteiger partial charge on any atom is -0.354 e. The third-order valence-electron chi connectivity index (χ3n) is 5.04. The van der Waals surface area contributed by atoms with Crippen LogP contribution in [0.2, 0.25) is 0 Å². The number of carbonyl (C=O) groups excluding carboxylic acids is 1. The van der Waals surface area contributed by atoms with Gasteiger partial charge in [-0.25, -0.2) is 9.97 Å². The Balaban J connectivity index is 1.32. The van der Waals surface area contributed by atoms with Gasteiger partial charge in [-0.2, -0.15) is 0 Å². The van der Waals surface area contributed by atoms with Crippen LogP contribution in [0.3, 0.4) is 0 Å². The number of nitrogens with one attached hydrogen (secondary N) is 1. The second-order valence-electron chi connectivity index (χ2n) is 6.83. The van der Waals surface area contributed by atoms with E-state index in [0.717, 1.165) is 6.42 Å². The molecule has 0 atom stereocenters. The van der Waals surface area contributed by atoms with Gasteiger partial charge in [-0.15, -0.1) is 0 Å². The fourth-order valence-electron chi connectivity index (χ4n) is 3.52. The van der Waals surface area contributed by atoms with E-state index in [0.29, 0.717) is 57.3 Å². The van der Waals surface area contributed by atoms with Crippen LogP contribution < -0.4 is 5.32 Å². The van der Waals surface area contributed by atoms with Crippen molar-refractivity contribution in [2.45, 2.75) is 25.0 Å². The minimum absolute atomic E-state index is 0.0728. The molecular weight excluding hydrogens is 344 g/mol. The van der Waals surface area contributed by atoms with Gasteiger partial charge < -0.3 is 19.7 Å². The minimum atomic E-state index is -0.480. The van der Waals surface area contributed by atoms with Crippen LogP contribution in [0.1, 0.15) is 28.9 Å². The first-order valence-corrected chi connectivity index (χ1v) is 9.42. The highest BCUT2D eigenvalue weighted by molar-refractivity contribution is 5.92. The fourth-order valence-corrected chi connectivity index (χ4v) is 3.52. The molecule has 4 rings (SSSR count). The molecule has 1 spiro atoms. The number of aromatic nitrogens is 2. The van der Waals surface area contributed by atoms with Gasteiger partial charge in [0.05, 0.1) is 13.2 Å². The van der Waals surface area contributed by atoms with Crippen LogP contribution >= 0.6 is 0 Å². The first-order valence-electron chi connectivity index (χ1n) is 9.42. The summed E-state index contributed by atoms with van der Waals surface area (Å²) >= 11 is 0. The third kappa shape index (κ3) is 4.26. The number of rotatable bonds is 5. The predicted molar refractivity (Wildman–Crippen MR) is 100 cm³/mol. The number of hydrogen-bond acceptors (Lipinski definition) is 6. The van der Waals surface area contributed by atoms with Gasteiger partial charge in [0.25, 0.3) is 5.91 Å². The lowest BCUT2D eigenvalue weighted by molar-refractivity contribution is -0.181. The predicted octanol–water partition coefficient (Wildman–Crippen LogP) is 2.11. The number of nitrogens with zero attached hydrogens (tertiary/aromatic N) is 3. The van der Waals surface area contributed by atoms with Crippen molar-refractivity contribution in [2.24, 2.45) is 0 Å². The number of piperidine rings is 1. The van der Waals surface area contributed by atoms with E-state index in [1.54, 1.807) is 12.3 Å². The summed E-state index contributed by atoms with van der Waals surface area (Å²) in [5.74, 6) is -0.0730. The molecule has 1 amide bonds. The van der Waals surface area contributed by atoms with Crippen molar-refractivity contribution in [3.8, 4) is 0 Å². The molecule has 2 aromatic rings. The Labute approximate surface area is 158 Å². The summed E-state index contributed by atoms with van der Waals surface area (Å²) in [6, 6.07) is 11.9. The molecule has 0 unspecified atom stereocenters. The molecule has 3 heterocycles. The standard InChI is InChI=1S/C20H24N4O3/c25-18(24-12-8-20(9-13-24)26-14-15-27-20)17-7-11-22-19(23-17)21-10-6-16-4-2-1-3-5-16/h1-5,7,11H,6,8-10,12-15H2,(H,21,22,23). The summed E-state index contributed by atoms with van der Waals surface area (Å²) in [5, 5.41) is 3.20. The molecular formula is C20H24N4O3. The van der Waals surface area contributed by atoms with Crippen LogP contribution in [0.5, 0.6) is 0 Å². The molecule has 1 aromatic carbocycles. The van der Waals surface area contributed by atoms with Gasteiger partial charge in [-0.05, 0) is 18.1 Å². The molecule has 27 heavy (non-hydrogen) atoms. The highest BCUT2D eigenvalue weighted by Gasteiger charge is 2.41. The van der Waals surface area contributed by atoms with Crippen LogP contribution in [0.15, 0.2) is 42.6 Å². The van der Waals surface area contributed by atoms with Gasteiger partial charge >= 0.3 is 0 Å². The average Bonchev–Trinajstić information content (AvgIpc) is 3.17. The quantitative estimate of drug-likeness (QED) is 0.871. The maximum absolute atomic E-state index is 12.8. The maximum atomic E-state index is 12.8. The normalized spacial score (nSPS) is 18.6. The lowest BCUT2D eigenvalue weighted by Gasteiger charge is -2.37. The van der Waals surface area contributed by atoms with Crippen LogP contribution in [-0.4, -0.2) is 59.4 Å². The number of anilines is 1. The smallest absolute Gasteiger partial charge is 0.272 e. The van der Waals surface area contributed by atoms with Crippen molar-refractivity contribution in [2.75, 3.05) is 38.2 Å². The Bertz CT molecular complexity index is 768. The van der Waals surface area contributed by atoms with E-state index in [1.807, 2.05) is 23.1 Å². The monoisotopic (exact) mass is 368 g/mol. The lowest BCUT2D eigenvalue weighted by atomic mass is 10.0. The van der Waals surface area contributed by atoms with Gasteiger partial charge in [0, 0.05) is 38.7 Å². The van der Waals surface area contributed by atoms with Crippen molar-refractivity contribution in [3.63, 3.8) is 0 Å². The number of benzene rings is 1. The Hall–Kier alpha value is -2.51. The van der Waals surface area contributed by atoms with E-state index in [4.69, 9.17) is 9.47 Å². The zero-order valence-electron chi connectivity index (χ0n) is 15.3. The molecule has 2 aliphatic heterocycles. The first kappa shape index (κ1) is 17.9. The number of hydrogen-bond donors (Lipinski definition) is 1. The summed E-state index contributed by atoms with van der Waals surface area (Å²) in [4.78, 5) is 23.2. The van der Waals surface area contributed by atoms with Crippen LogP contribution in [0.4, 0.5) is 5.95 Å². The highest BCUT2D eigenvalue weighted by Crippen LogP contribution is 2.31. The van der Waals surface area contributed by atoms with Gasteiger partial charge in [-0.1, -0.05) is 30.3 Å². The summed E-state index contributed by atoms with van der Waals surface area (Å²) < 4.78 is 11.4. The third-order valence-corrected chi connectivity index (χ3v) is 5.04. The zero-order valence-corrected chi connectivity index (χ0v) is 15.3. The Morgan fingerprint density at radius 1 is 1.11 bits per heavy atom. The average molecular weight is 368 g/mol. The van der Waals surface area contributed by atoms with Crippen molar-refractivity contribution in [3.05, 3.63) is 53.9 Å². The number of amides is 1. The van der Waals surface area contributed by atoms with E-state index in [-0.39, 0.29) is 5.91 Å². The maximum Gasteiger partial charge on any atom is 0.272 e. The summed E-state index contributed by atoms with van der Waals surface area (Å²) in [6.45, 7) is 3.21. The topological polar surface area (TPSA) is 76.6 Å². The summed E-state index contributed by atoms with van der Waals surface area (Å²) in [7, 11) is 0. The largest absolute Gasteiger partial charge is 0.354 e. The molecule has 7 nitrogen and oxygen atoms in total. The Morgan fingerprint density at radius 2 is 1.85 bits per heavy atom. The number of ether oxygens (including phenoxy) is 2. The fraction of sp³-hybridized carbons (Fsp3) is 0.450. The molecule has 2 fully saturated rings. The second-order valence-corrected chi connectivity index (χ2v) is 6.83.